The maximum Gasteiger partial charge on any atom is 0.349 e. The van der Waals surface area contributed by atoms with Crippen LogP contribution in [-0.2, 0) is 32.3 Å². The minimum Gasteiger partial charge on any atom is -0.458 e. The highest BCUT2D eigenvalue weighted by Gasteiger charge is 2.13. The van der Waals surface area contributed by atoms with E-state index in [1.165, 1.54) is 0 Å². The lowest BCUT2D eigenvalue weighted by atomic mass is 10.2. The first-order valence-corrected chi connectivity index (χ1v) is 7.22. The third-order valence-electron chi connectivity index (χ3n) is 3.04. The smallest absolute Gasteiger partial charge is 0.349 e. The summed E-state index contributed by atoms with van der Waals surface area (Å²) >= 11 is 0. The number of carbonyl (C=O) groups excluding carboxylic acids is 2. The predicted octanol–water partition coefficient (Wildman–Crippen LogP) is 2.92. The van der Waals surface area contributed by atoms with Gasteiger partial charge in [0, 0.05) is 6.08 Å². The van der Waals surface area contributed by atoms with E-state index in [1.807, 2.05) is 36.4 Å². The summed E-state index contributed by atoms with van der Waals surface area (Å²) in [5.74, 6) is -1.63. The molecule has 0 aromatic heterocycles. The van der Waals surface area contributed by atoms with Crippen molar-refractivity contribution in [2.45, 2.75) is 13.2 Å². The minimum atomic E-state index is -0.863. The number of esters is 2. The summed E-state index contributed by atoms with van der Waals surface area (Å²) in [7, 11) is 0. The summed E-state index contributed by atoms with van der Waals surface area (Å²) in [6, 6.07) is 19.8. The third-order valence-corrected chi connectivity index (χ3v) is 3.04. The molecule has 0 N–H and O–H groups in total. The van der Waals surface area contributed by atoms with Gasteiger partial charge >= 0.3 is 11.9 Å². The van der Waals surface area contributed by atoms with Crippen molar-refractivity contribution in [1.82, 2.24) is 0 Å². The zero-order valence-electron chi connectivity index (χ0n) is 12.8. The van der Waals surface area contributed by atoms with Crippen LogP contribution < -0.4 is 0 Å². The summed E-state index contributed by atoms with van der Waals surface area (Å²) in [6.45, 7) is 0.0890. The fourth-order valence-electron chi connectivity index (χ4n) is 1.83. The minimum absolute atomic E-state index is 0.0256. The fourth-order valence-corrected chi connectivity index (χ4v) is 1.83. The van der Waals surface area contributed by atoms with E-state index >= 15 is 0 Å². The van der Waals surface area contributed by atoms with Gasteiger partial charge in [-0.2, -0.15) is 5.26 Å². The van der Waals surface area contributed by atoms with Crippen LogP contribution in [-0.4, -0.2) is 11.9 Å². The zero-order valence-corrected chi connectivity index (χ0v) is 12.8. The van der Waals surface area contributed by atoms with Gasteiger partial charge in [0.1, 0.15) is 24.9 Å². The van der Waals surface area contributed by atoms with Gasteiger partial charge in [-0.1, -0.05) is 60.7 Å². The van der Waals surface area contributed by atoms with Gasteiger partial charge in [-0.15, -0.1) is 0 Å². The number of nitriles is 1. The van der Waals surface area contributed by atoms with Crippen molar-refractivity contribution in [3.63, 3.8) is 0 Å². The van der Waals surface area contributed by atoms with Crippen molar-refractivity contribution in [1.29, 1.82) is 5.26 Å². The van der Waals surface area contributed by atoms with Crippen LogP contribution >= 0.6 is 0 Å². The Labute approximate surface area is 139 Å². The zero-order chi connectivity index (χ0) is 17.2. The quantitative estimate of drug-likeness (QED) is 0.464. The van der Waals surface area contributed by atoms with Crippen molar-refractivity contribution in [2.24, 2.45) is 0 Å². The van der Waals surface area contributed by atoms with Crippen LogP contribution in [0.4, 0.5) is 0 Å². The van der Waals surface area contributed by atoms with Crippen LogP contribution in [0.1, 0.15) is 11.1 Å². The molecule has 0 unspecified atom stereocenters. The molecule has 0 aliphatic heterocycles. The molecule has 0 saturated heterocycles. The number of nitrogens with zero attached hydrogens (tertiary/aromatic N) is 1. The Morgan fingerprint density at radius 2 is 1.38 bits per heavy atom. The van der Waals surface area contributed by atoms with Crippen LogP contribution in [0.25, 0.3) is 0 Å². The Morgan fingerprint density at radius 1 is 0.875 bits per heavy atom. The number of hydrogen-bond acceptors (Lipinski definition) is 5. The second-order valence-electron chi connectivity index (χ2n) is 4.82. The van der Waals surface area contributed by atoms with E-state index in [1.54, 1.807) is 30.3 Å². The summed E-state index contributed by atoms with van der Waals surface area (Å²) in [6.07, 6.45) is 0.844. The predicted molar refractivity (Wildman–Crippen MR) is 86.2 cm³/mol. The lowest BCUT2D eigenvalue weighted by molar-refractivity contribution is -0.142. The van der Waals surface area contributed by atoms with Crippen molar-refractivity contribution < 1.29 is 19.1 Å². The molecule has 0 radical (unpaired) electrons. The molecule has 24 heavy (non-hydrogen) atoms. The average molecular weight is 321 g/mol. The van der Waals surface area contributed by atoms with Gasteiger partial charge in [-0.05, 0) is 11.1 Å². The molecular formula is C19H15NO4. The highest BCUT2D eigenvalue weighted by Crippen LogP contribution is 2.06. The monoisotopic (exact) mass is 321 g/mol. The van der Waals surface area contributed by atoms with Gasteiger partial charge in [-0.3, -0.25) is 0 Å². The number of benzene rings is 2. The van der Waals surface area contributed by atoms with E-state index in [0.29, 0.717) is 0 Å². The maximum absolute atomic E-state index is 11.8. The fraction of sp³-hybridized carbons (Fsp3) is 0.105. The molecular weight excluding hydrogens is 306 g/mol. The highest BCUT2D eigenvalue weighted by molar-refractivity contribution is 5.99. The van der Waals surface area contributed by atoms with E-state index < -0.39 is 17.5 Å². The van der Waals surface area contributed by atoms with E-state index in [4.69, 9.17) is 14.7 Å². The lowest BCUT2D eigenvalue weighted by Crippen LogP contribution is -2.10. The molecule has 2 aromatic rings. The Morgan fingerprint density at radius 3 is 1.88 bits per heavy atom. The van der Waals surface area contributed by atoms with E-state index in [0.717, 1.165) is 17.2 Å². The van der Waals surface area contributed by atoms with Crippen molar-refractivity contribution in [3.05, 3.63) is 83.4 Å². The molecule has 0 aliphatic rings. The van der Waals surface area contributed by atoms with Crippen molar-refractivity contribution >= 4 is 11.9 Å². The maximum atomic E-state index is 11.8. The van der Waals surface area contributed by atoms with Crippen molar-refractivity contribution in [2.75, 3.05) is 0 Å². The Kier molecular flexibility index (Phi) is 6.30. The number of carbonyl (C=O) groups is 2. The van der Waals surface area contributed by atoms with Gasteiger partial charge in [0.25, 0.3) is 0 Å². The van der Waals surface area contributed by atoms with E-state index in [2.05, 4.69) is 0 Å². The van der Waals surface area contributed by atoms with Crippen LogP contribution in [0, 0.1) is 11.3 Å². The van der Waals surface area contributed by atoms with Gasteiger partial charge < -0.3 is 9.47 Å². The first-order chi connectivity index (χ1) is 11.7. The normalized spacial score (nSPS) is 10.5. The van der Waals surface area contributed by atoms with Gasteiger partial charge in [0.2, 0.25) is 0 Å². The molecule has 0 bridgehead atoms. The Hall–Kier alpha value is -3.39. The number of hydrogen-bond donors (Lipinski definition) is 0. The topological polar surface area (TPSA) is 76.4 Å². The molecule has 0 fully saturated rings. The molecule has 0 aliphatic carbocycles. The SMILES string of the molecule is N#C/C(=C\C(=O)OCc1ccccc1)C(=O)OCc1ccccc1. The second kappa shape index (κ2) is 8.91. The standard InChI is InChI=1S/C19H15NO4/c20-12-17(19(22)24-14-16-9-5-2-6-10-16)11-18(21)23-13-15-7-3-1-4-8-15/h1-11H,13-14H2/b17-11+. The molecule has 5 nitrogen and oxygen atoms in total. The second-order valence-corrected chi connectivity index (χ2v) is 4.82. The molecule has 0 spiro atoms. The molecule has 0 heterocycles. The summed E-state index contributed by atoms with van der Waals surface area (Å²) < 4.78 is 10.0. The van der Waals surface area contributed by atoms with Gasteiger partial charge in [0.05, 0.1) is 0 Å². The van der Waals surface area contributed by atoms with Crippen LogP contribution in [0.2, 0.25) is 0 Å². The molecule has 2 aromatic carbocycles. The van der Waals surface area contributed by atoms with Crippen molar-refractivity contribution in [3.8, 4) is 6.07 Å². The summed E-state index contributed by atoms with van der Waals surface area (Å²) in [5.41, 5.74) is 1.20. The number of ether oxygens (including phenoxy) is 2. The highest BCUT2D eigenvalue weighted by atomic mass is 16.5. The van der Waals surface area contributed by atoms with Crippen LogP contribution in [0.5, 0.6) is 0 Å². The molecule has 0 saturated carbocycles. The Balaban J connectivity index is 1.89. The molecule has 5 heteroatoms. The summed E-state index contributed by atoms with van der Waals surface area (Å²) in [4.78, 5) is 23.5. The molecule has 0 atom stereocenters. The van der Waals surface area contributed by atoms with E-state index in [-0.39, 0.29) is 13.2 Å². The van der Waals surface area contributed by atoms with Gasteiger partial charge in [-0.25, -0.2) is 9.59 Å². The van der Waals surface area contributed by atoms with E-state index in [9.17, 15) is 9.59 Å². The van der Waals surface area contributed by atoms with Crippen LogP contribution in [0.3, 0.4) is 0 Å². The largest absolute Gasteiger partial charge is 0.458 e. The lowest BCUT2D eigenvalue weighted by Gasteiger charge is -2.04. The average Bonchev–Trinajstić information content (AvgIpc) is 2.64. The Bertz CT molecular complexity index is 761. The first-order valence-electron chi connectivity index (χ1n) is 7.22. The summed E-state index contributed by atoms with van der Waals surface area (Å²) in [5, 5.41) is 9.00. The van der Waals surface area contributed by atoms with Gasteiger partial charge in [0.15, 0.2) is 0 Å². The third kappa shape index (κ3) is 5.43. The molecule has 2 rings (SSSR count). The van der Waals surface area contributed by atoms with Crippen LogP contribution in [0.15, 0.2) is 72.3 Å². The first kappa shape index (κ1) is 17.0. The molecule has 120 valence electrons. The molecule has 0 amide bonds. The number of rotatable bonds is 6.